The molecule has 2 amide bonds. The Morgan fingerprint density at radius 3 is 2.37 bits per heavy atom. The van der Waals surface area contributed by atoms with Gasteiger partial charge in [0, 0.05) is 6.42 Å². The highest BCUT2D eigenvalue weighted by atomic mass is 16.4. The molecule has 0 aliphatic heterocycles. The summed E-state index contributed by atoms with van der Waals surface area (Å²) >= 11 is 0. The SMILES string of the molecule is O=C(O)CCC(NC(=O)Nc1cncnc1)C(=O)O. The van der Waals surface area contributed by atoms with E-state index in [1.165, 1.54) is 18.7 Å². The van der Waals surface area contributed by atoms with E-state index < -0.39 is 24.0 Å². The predicted octanol–water partition coefficient (Wildman–Crippen LogP) is -0.0839. The summed E-state index contributed by atoms with van der Waals surface area (Å²) in [5.74, 6) is -2.44. The number of carbonyl (C=O) groups excluding carboxylic acids is 1. The third kappa shape index (κ3) is 5.44. The van der Waals surface area contributed by atoms with Crippen LogP contribution in [0.2, 0.25) is 0 Å². The van der Waals surface area contributed by atoms with E-state index in [1.54, 1.807) is 0 Å². The third-order valence-electron chi connectivity index (χ3n) is 2.07. The van der Waals surface area contributed by atoms with Crippen LogP contribution in [0.4, 0.5) is 10.5 Å². The first-order valence-electron chi connectivity index (χ1n) is 5.26. The van der Waals surface area contributed by atoms with E-state index in [2.05, 4.69) is 20.6 Å². The Kier molecular flexibility index (Phi) is 5.20. The molecule has 1 rings (SSSR count). The smallest absolute Gasteiger partial charge is 0.326 e. The van der Waals surface area contributed by atoms with Gasteiger partial charge in [-0.25, -0.2) is 19.6 Å². The van der Waals surface area contributed by atoms with E-state index in [0.29, 0.717) is 5.69 Å². The van der Waals surface area contributed by atoms with Crippen LogP contribution in [0.15, 0.2) is 18.7 Å². The van der Waals surface area contributed by atoms with Crippen molar-refractivity contribution in [1.82, 2.24) is 15.3 Å². The fourth-order valence-corrected chi connectivity index (χ4v) is 1.21. The molecule has 4 N–H and O–H groups in total. The Labute approximate surface area is 107 Å². The molecule has 0 saturated carbocycles. The zero-order chi connectivity index (χ0) is 14.3. The highest BCUT2D eigenvalue weighted by Crippen LogP contribution is 2.02. The van der Waals surface area contributed by atoms with E-state index in [1.807, 2.05) is 0 Å². The van der Waals surface area contributed by atoms with Gasteiger partial charge in [-0.3, -0.25) is 4.79 Å². The molecule has 0 aliphatic carbocycles. The van der Waals surface area contributed by atoms with Gasteiger partial charge in [0.25, 0.3) is 0 Å². The standard InChI is InChI=1S/C10H12N4O5/c15-8(16)2-1-7(9(17)18)14-10(19)13-6-3-11-5-12-4-6/h3-5,7H,1-2H2,(H,15,16)(H,17,18)(H2,13,14,19). The molecular weight excluding hydrogens is 256 g/mol. The van der Waals surface area contributed by atoms with Crippen LogP contribution in [0, 0.1) is 0 Å². The molecule has 0 aromatic carbocycles. The number of nitrogens with one attached hydrogen (secondary N) is 2. The molecule has 9 nitrogen and oxygen atoms in total. The Morgan fingerprint density at radius 1 is 1.21 bits per heavy atom. The van der Waals surface area contributed by atoms with Crippen molar-refractivity contribution in [3.63, 3.8) is 0 Å². The summed E-state index contributed by atoms with van der Waals surface area (Å²) in [6.45, 7) is 0. The molecule has 0 radical (unpaired) electrons. The maximum Gasteiger partial charge on any atom is 0.326 e. The minimum absolute atomic E-state index is 0.205. The van der Waals surface area contributed by atoms with Crippen LogP contribution < -0.4 is 10.6 Å². The van der Waals surface area contributed by atoms with Gasteiger partial charge < -0.3 is 20.8 Å². The van der Waals surface area contributed by atoms with Gasteiger partial charge in [-0.15, -0.1) is 0 Å². The number of hydrogen-bond acceptors (Lipinski definition) is 5. The molecular formula is C10H12N4O5. The fraction of sp³-hybridized carbons (Fsp3) is 0.300. The molecule has 1 aromatic heterocycles. The van der Waals surface area contributed by atoms with Crippen LogP contribution >= 0.6 is 0 Å². The minimum atomic E-state index is -1.30. The third-order valence-corrected chi connectivity index (χ3v) is 2.07. The number of anilines is 1. The number of aromatic nitrogens is 2. The number of urea groups is 1. The average Bonchev–Trinajstić information content (AvgIpc) is 2.35. The molecule has 1 heterocycles. The molecule has 19 heavy (non-hydrogen) atoms. The van der Waals surface area contributed by atoms with E-state index in [9.17, 15) is 14.4 Å². The van der Waals surface area contributed by atoms with Gasteiger partial charge in [0.05, 0.1) is 18.1 Å². The number of aliphatic carboxylic acids is 2. The summed E-state index contributed by atoms with van der Waals surface area (Å²) in [5, 5.41) is 21.8. The number of nitrogens with zero attached hydrogens (tertiary/aromatic N) is 2. The zero-order valence-corrected chi connectivity index (χ0v) is 9.74. The van der Waals surface area contributed by atoms with E-state index in [4.69, 9.17) is 10.2 Å². The number of carboxylic acid groups (broad SMARTS) is 2. The number of amides is 2. The molecule has 1 unspecified atom stereocenters. The largest absolute Gasteiger partial charge is 0.481 e. The summed E-state index contributed by atoms with van der Waals surface area (Å²) in [7, 11) is 0. The van der Waals surface area contributed by atoms with Gasteiger partial charge in [-0.2, -0.15) is 0 Å². The average molecular weight is 268 g/mol. The fourth-order valence-electron chi connectivity index (χ4n) is 1.21. The van der Waals surface area contributed by atoms with E-state index in [-0.39, 0.29) is 12.8 Å². The van der Waals surface area contributed by atoms with Crippen molar-refractivity contribution in [3.8, 4) is 0 Å². The summed E-state index contributed by atoms with van der Waals surface area (Å²) in [4.78, 5) is 40.0. The van der Waals surface area contributed by atoms with Gasteiger partial charge in [0.2, 0.25) is 0 Å². The normalized spacial score (nSPS) is 11.4. The van der Waals surface area contributed by atoms with Crippen LogP contribution in [-0.2, 0) is 9.59 Å². The quantitative estimate of drug-likeness (QED) is 0.565. The van der Waals surface area contributed by atoms with Crippen molar-refractivity contribution >= 4 is 23.7 Å². The molecule has 1 aromatic rings. The van der Waals surface area contributed by atoms with Gasteiger partial charge in [0.15, 0.2) is 0 Å². The summed E-state index contributed by atoms with van der Waals surface area (Å²) < 4.78 is 0. The lowest BCUT2D eigenvalue weighted by Crippen LogP contribution is -2.43. The highest BCUT2D eigenvalue weighted by Gasteiger charge is 2.20. The van der Waals surface area contributed by atoms with Crippen molar-refractivity contribution in [2.45, 2.75) is 18.9 Å². The molecule has 102 valence electrons. The molecule has 0 aliphatic rings. The minimum Gasteiger partial charge on any atom is -0.481 e. The monoisotopic (exact) mass is 268 g/mol. The Hall–Kier alpha value is -2.71. The van der Waals surface area contributed by atoms with Crippen molar-refractivity contribution in [2.75, 3.05) is 5.32 Å². The molecule has 0 saturated heterocycles. The number of carboxylic acids is 2. The van der Waals surface area contributed by atoms with E-state index >= 15 is 0 Å². The van der Waals surface area contributed by atoms with Crippen LogP contribution in [0.3, 0.4) is 0 Å². The number of rotatable bonds is 6. The lowest BCUT2D eigenvalue weighted by Gasteiger charge is -2.13. The second-order valence-electron chi connectivity index (χ2n) is 3.55. The molecule has 0 spiro atoms. The Morgan fingerprint density at radius 2 is 1.84 bits per heavy atom. The second kappa shape index (κ2) is 6.89. The van der Waals surface area contributed by atoms with Crippen molar-refractivity contribution < 1.29 is 24.6 Å². The summed E-state index contributed by atoms with van der Waals surface area (Å²) in [6, 6.07) is -2.05. The van der Waals surface area contributed by atoms with Crippen molar-refractivity contribution in [1.29, 1.82) is 0 Å². The summed E-state index contributed by atoms with van der Waals surface area (Å²) in [5.41, 5.74) is 0.294. The zero-order valence-electron chi connectivity index (χ0n) is 9.74. The van der Waals surface area contributed by atoms with Gasteiger partial charge in [0.1, 0.15) is 12.4 Å². The molecule has 0 fully saturated rings. The first kappa shape index (κ1) is 14.4. The topological polar surface area (TPSA) is 142 Å². The Bertz CT molecular complexity index is 464. The lowest BCUT2D eigenvalue weighted by molar-refractivity contribution is -0.140. The number of carbonyl (C=O) groups is 3. The predicted molar refractivity (Wildman–Crippen MR) is 62.5 cm³/mol. The van der Waals surface area contributed by atoms with Crippen molar-refractivity contribution in [2.24, 2.45) is 0 Å². The molecule has 1 atom stereocenters. The number of hydrogen-bond donors (Lipinski definition) is 4. The van der Waals surface area contributed by atoms with Crippen LogP contribution in [0.5, 0.6) is 0 Å². The van der Waals surface area contributed by atoms with Crippen LogP contribution in [0.1, 0.15) is 12.8 Å². The lowest BCUT2D eigenvalue weighted by atomic mass is 10.1. The van der Waals surface area contributed by atoms with Gasteiger partial charge in [-0.05, 0) is 6.42 Å². The second-order valence-corrected chi connectivity index (χ2v) is 3.55. The Balaban J connectivity index is 2.52. The maximum atomic E-state index is 11.5. The maximum absolute atomic E-state index is 11.5. The molecule has 9 heteroatoms. The molecule has 0 bridgehead atoms. The van der Waals surface area contributed by atoms with Crippen LogP contribution in [-0.4, -0.2) is 44.2 Å². The highest BCUT2D eigenvalue weighted by molar-refractivity contribution is 5.92. The first-order valence-corrected chi connectivity index (χ1v) is 5.26. The van der Waals surface area contributed by atoms with E-state index in [0.717, 1.165) is 0 Å². The van der Waals surface area contributed by atoms with Gasteiger partial charge >= 0.3 is 18.0 Å². The summed E-state index contributed by atoms with van der Waals surface area (Å²) in [6.07, 6.45) is 3.38. The van der Waals surface area contributed by atoms with Gasteiger partial charge in [-0.1, -0.05) is 0 Å². The van der Waals surface area contributed by atoms with Crippen LogP contribution in [0.25, 0.3) is 0 Å². The van der Waals surface area contributed by atoms with Crippen molar-refractivity contribution in [3.05, 3.63) is 18.7 Å². The first-order chi connectivity index (χ1) is 8.99.